The SMILES string of the molecule is COc1ccc(NC(=O)CSc2nnc(-c3ccc(C(C)(C)C)cc3)n2-c2ccc(Cl)cc2)cc1. The van der Waals surface area contributed by atoms with Gasteiger partial charge in [-0.1, -0.05) is 68.4 Å². The van der Waals surface area contributed by atoms with E-state index in [1.807, 2.05) is 28.8 Å². The van der Waals surface area contributed by atoms with E-state index in [2.05, 4.69) is 60.6 Å². The number of carbonyl (C=O) groups is 1. The van der Waals surface area contributed by atoms with Crippen LogP contribution >= 0.6 is 23.4 Å². The number of amides is 1. The van der Waals surface area contributed by atoms with Crippen LogP contribution in [-0.2, 0) is 10.2 Å². The Morgan fingerprint density at radius 3 is 2.23 bits per heavy atom. The Morgan fingerprint density at radius 1 is 0.971 bits per heavy atom. The van der Waals surface area contributed by atoms with Gasteiger partial charge in [0.25, 0.3) is 0 Å². The van der Waals surface area contributed by atoms with Crippen molar-refractivity contribution in [2.75, 3.05) is 18.2 Å². The molecule has 4 rings (SSSR count). The lowest BCUT2D eigenvalue weighted by molar-refractivity contribution is -0.113. The van der Waals surface area contributed by atoms with Crippen molar-refractivity contribution in [2.45, 2.75) is 31.3 Å². The van der Waals surface area contributed by atoms with Crippen LogP contribution < -0.4 is 10.1 Å². The zero-order valence-electron chi connectivity index (χ0n) is 20.1. The van der Waals surface area contributed by atoms with Crippen molar-refractivity contribution in [1.29, 1.82) is 0 Å². The average Bonchev–Trinajstić information content (AvgIpc) is 3.27. The summed E-state index contributed by atoms with van der Waals surface area (Å²) in [6.45, 7) is 6.55. The fraction of sp³-hybridized carbons (Fsp3) is 0.222. The number of carbonyl (C=O) groups excluding carboxylic acids is 1. The fourth-order valence-electron chi connectivity index (χ4n) is 3.49. The van der Waals surface area contributed by atoms with Crippen LogP contribution in [0.4, 0.5) is 5.69 Å². The molecule has 0 bridgehead atoms. The van der Waals surface area contributed by atoms with E-state index in [1.54, 1.807) is 31.4 Å². The molecule has 1 aromatic heterocycles. The van der Waals surface area contributed by atoms with Crippen molar-refractivity contribution < 1.29 is 9.53 Å². The van der Waals surface area contributed by atoms with Crippen LogP contribution in [0.15, 0.2) is 78.0 Å². The number of thioether (sulfide) groups is 1. The lowest BCUT2D eigenvalue weighted by Crippen LogP contribution is -2.14. The number of halogens is 1. The Labute approximate surface area is 214 Å². The second-order valence-corrected chi connectivity index (χ2v) is 10.4. The predicted octanol–water partition coefficient (Wildman–Crippen LogP) is 6.62. The normalized spacial score (nSPS) is 11.3. The molecule has 0 fully saturated rings. The van der Waals surface area contributed by atoms with Gasteiger partial charge in [-0.2, -0.15) is 0 Å². The molecule has 180 valence electrons. The molecular weight excluding hydrogens is 480 g/mol. The molecule has 3 aromatic carbocycles. The summed E-state index contributed by atoms with van der Waals surface area (Å²) in [6, 6.07) is 23.0. The van der Waals surface area contributed by atoms with Crippen LogP contribution in [0.5, 0.6) is 5.75 Å². The summed E-state index contributed by atoms with van der Waals surface area (Å²) in [7, 11) is 1.61. The number of nitrogens with one attached hydrogen (secondary N) is 1. The summed E-state index contributed by atoms with van der Waals surface area (Å²) >= 11 is 7.45. The van der Waals surface area contributed by atoms with Gasteiger partial charge in [-0.3, -0.25) is 9.36 Å². The minimum absolute atomic E-state index is 0.0562. The molecule has 1 heterocycles. The number of hydrogen-bond donors (Lipinski definition) is 1. The lowest BCUT2D eigenvalue weighted by atomic mass is 9.87. The molecular formula is C27H27ClN4O2S. The molecule has 4 aromatic rings. The average molecular weight is 507 g/mol. The highest BCUT2D eigenvalue weighted by Crippen LogP contribution is 2.30. The van der Waals surface area contributed by atoms with E-state index >= 15 is 0 Å². The molecule has 0 saturated carbocycles. The van der Waals surface area contributed by atoms with Gasteiger partial charge in [0, 0.05) is 22.0 Å². The zero-order chi connectivity index (χ0) is 25.0. The summed E-state index contributed by atoms with van der Waals surface area (Å²) in [6.07, 6.45) is 0. The molecule has 0 aliphatic carbocycles. The number of nitrogens with zero attached hydrogens (tertiary/aromatic N) is 3. The van der Waals surface area contributed by atoms with Gasteiger partial charge >= 0.3 is 0 Å². The van der Waals surface area contributed by atoms with Crippen LogP contribution in [0.2, 0.25) is 5.02 Å². The first-order chi connectivity index (χ1) is 16.7. The van der Waals surface area contributed by atoms with Crippen molar-refractivity contribution in [2.24, 2.45) is 0 Å². The summed E-state index contributed by atoms with van der Waals surface area (Å²) in [5.41, 5.74) is 3.81. The summed E-state index contributed by atoms with van der Waals surface area (Å²) in [5, 5.41) is 13.0. The topological polar surface area (TPSA) is 69.0 Å². The molecule has 0 atom stereocenters. The van der Waals surface area contributed by atoms with Crippen LogP contribution in [0.3, 0.4) is 0 Å². The monoisotopic (exact) mass is 506 g/mol. The Morgan fingerprint density at radius 2 is 1.63 bits per heavy atom. The van der Waals surface area contributed by atoms with Crippen LogP contribution in [0.1, 0.15) is 26.3 Å². The number of methoxy groups -OCH3 is 1. The minimum atomic E-state index is -0.137. The third-order valence-corrected chi connectivity index (χ3v) is 6.61. The van der Waals surface area contributed by atoms with Gasteiger partial charge in [-0.05, 0) is 59.5 Å². The number of benzene rings is 3. The summed E-state index contributed by atoms with van der Waals surface area (Å²) < 4.78 is 7.11. The molecule has 0 radical (unpaired) electrons. The van der Waals surface area contributed by atoms with E-state index in [9.17, 15) is 4.79 Å². The molecule has 0 saturated heterocycles. The molecule has 0 spiro atoms. The number of anilines is 1. The van der Waals surface area contributed by atoms with Crippen molar-refractivity contribution >= 4 is 35.0 Å². The van der Waals surface area contributed by atoms with E-state index in [1.165, 1.54) is 17.3 Å². The highest BCUT2D eigenvalue weighted by atomic mass is 35.5. The number of aromatic nitrogens is 3. The van der Waals surface area contributed by atoms with Gasteiger partial charge in [0.05, 0.1) is 12.9 Å². The first-order valence-corrected chi connectivity index (χ1v) is 12.5. The largest absolute Gasteiger partial charge is 0.497 e. The van der Waals surface area contributed by atoms with Crippen molar-refractivity contribution in [1.82, 2.24) is 14.8 Å². The van der Waals surface area contributed by atoms with Crippen molar-refractivity contribution in [3.8, 4) is 22.8 Å². The van der Waals surface area contributed by atoms with Gasteiger partial charge in [0.2, 0.25) is 5.91 Å². The van der Waals surface area contributed by atoms with Gasteiger partial charge in [0.15, 0.2) is 11.0 Å². The zero-order valence-corrected chi connectivity index (χ0v) is 21.7. The van der Waals surface area contributed by atoms with Gasteiger partial charge in [-0.15, -0.1) is 10.2 Å². The van der Waals surface area contributed by atoms with Crippen molar-refractivity contribution in [3.05, 3.63) is 83.4 Å². The number of ether oxygens (including phenoxy) is 1. The van der Waals surface area contributed by atoms with E-state index in [4.69, 9.17) is 16.3 Å². The number of rotatable bonds is 7. The first-order valence-electron chi connectivity index (χ1n) is 11.1. The molecule has 0 unspecified atom stereocenters. The standard InChI is InChI=1S/C27H27ClN4O2S/c1-27(2,3)19-7-5-18(6-8-19)25-30-31-26(32(25)22-13-9-20(28)10-14-22)35-17-24(33)29-21-11-15-23(34-4)16-12-21/h5-16H,17H2,1-4H3,(H,29,33). The molecule has 0 aliphatic heterocycles. The highest BCUT2D eigenvalue weighted by molar-refractivity contribution is 7.99. The second-order valence-electron chi connectivity index (χ2n) is 9.01. The quantitative estimate of drug-likeness (QED) is 0.285. The lowest BCUT2D eigenvalue weighted by Gasteiger charge is -2.19. The van der Waals surface area contributed by atoms with Gasteiger partial charge < -0.3 is 10.1 Å². The van der Waals surface area contributed by atoms with Gasteiger partial charge in [-0.25, -0.2) is 0 Å². The Balaban J connectivity index is 1.58. The number of hydrogen-bond acceptors (Lipinski definition) is 5. The Bertz CT molecular complexity index is 1300. The predicted molar refractivity (Wildman–Crippen MR) is 143 cm³/mol. The maximum Gasteiger partial charge on any atom is 0.234 e. The Kier molecular flexibility index (Phi) is 7.48. The van der Waals surface area contributed by atoms with Crippen LogP contribution in [0, 0.1) is 0 Å². The smallest absolute Gasteiger partial charge is 0.234 e. The van der Waals surface area contributed by atoms with Crippen LogP contribution in [0.25, 0.3) is 17.1 Å². The molecule has 35 heavy (non-hydrogen) atoms. The van der Waals surface area contributed by atoms with E-state index in [0.29, 0.717) is 21.7 Å². The van der Waals surface area contributed by atoms with E-state index in [-0.39, 0.29) is 17.1 Å². The minimum Gasteiger partial charge on any atom is -0.497 e. The summed E-state index contributed by atoms with van der Waals surface area (Å²) in [4.78, 5) is 12.6. The molecule has 8 heteroatoms. The molecule has 6 nitrogen and oxygen atoms in total. The third kappa shape index (κ3) is 6.05. The third-order valence-electron chi connectivity index (χ3n) is 5.43. The van der Waals surface area contributed by atoms with E-state index < -0.39 is 0 Å². The fourth-order valence-corrected chi connectivity index (χ4v) is 4.37. The summed E-state index contributed by atoms with van der Waals surface area (Å²) in [5.74, 6) is 1.48. The maximum absolute atomic E-state index is 12.6. The Hall–Kier alpha value is -3.29. The van der Waals surface area contributed by atoms with Crippen LogP contribution in [-0.4, -0.2) is 33.5 Å². The molecule has 0 aliphatic rings. The van der Waals surface area contributed by atoms with E-state index in [0.717, 1.165) is 17.0 Å². The highest BCUT2D eigenvalue weighted by Gasteiger charge is 2.19. The second kappa shape index (κ2) is 10.5. The van der Waals surface area contributed by atoms with Crippen molar-refractivity contribution in [3.63, 3.8) is 0 Å². The first kappa shape index (κ1) is 24.8. The van der Waals surface area contributed by atoms with Gasteiger partial charge in [0.1, 0.15) is 5.75 Å². The molecule has 1 amide bonds. The molecule has 1 N–H and O–H groups in total. The maximum atomic E-state index is 12.6.